The average molecular weight is 196 g/mol. The number of hydrazine groups is 1. The zero-order chi connectivity index (χ0) is 9.97. The van der Waals surface area contributed by atoms with E-state index in [2.05, 4.69) is 5.01 Å². The molecule has 1 heterocycles. The van der Waals surface area contributed by atoms with Crippen LogP contribution in [0.1, 0.15) is 32.1 Å². The first-order valence-electron chi connectivity index (χ1n) is 5.33. The molecule has 1 aliphatic heterocycles. The van der Waals surface area contributed by atoms with Crippen molar-refractivity contribution in [3.05, 3.63) is 0 Å². The van der Waals surface area contributed by atoms with Gasteiger partial charge in [-0.3, -0.25) is 9.80 Å². The van der Waals surface area contributed by atoms with Crippen molar-refractivity contribution in [3.63, 3.8) is 0 Å². The highest BCUT2D eigenvalue weighted by atomic mass is 16.2. The van der Waals surface area contributed by atoms with Crippen LogP contribution in [0.5, 0.6) is 0 Å². The summed E-state index contributed by atoms with van der Waals surface area (Å²) in [6, 6.07) is 0.439. The van der Waals surface area contributed by atoms with Crippen LogP contribution in [0.3, 0.4) is 0 Å². The molecule has 1 saturated heterocycles. The Balaban J connectivity index is 1.96. The van der Waals surface area contributed by atoms with Crippen molar-refractivity contribution in [2.45, 2.75) is 38.1 Å². The summed E-state index contributed by atoms with van der Waals surface area (Å²) < 4.78 is 0. The summed E-state index contributed by atoms with van der Waals surface area (Å²) in [5.41, 5.74) is 0. The monoisotopic (exact) mass is 196 g/mol. The molecule has 0 aromatic heterocycles. The van der Waals surface area contributed by atoms with E-state index < -0.39 is 0 Å². The molecular formula is C10H16N2O2. The van der Waals surface area contributed by atoms with Gasteiger partial charge in [0.25, 0.3) is 0 Å². The molecule has 0 atom stereocenters. The van der Waals surface area contributed by atoms with Crippen molar-refractivity contribution in [1.29, 1.82) is 0 Å². The Kier molecular flexibility index (Phi) is 2.82. The second-order valence-corrected chi connectivity index (χ2v) is 3.98. The van der Waals surface area contributed by atoms with Crippen molar-refractivity contribution >= 4 is 12.2 Å². The topological polar surface area (TPSA) is 40.6 Å². The molecule has 1 amide bonds. The Labute approximate surface area is 83.8 Å². The number of nitrogens with zero attached hydrogens (tertiary/aromatic N) is 2. The summed E-state index contributed by atoms with van der Waals surface area (Å²) >= 11 is 0. The Bertz CT molecular complexity index is 238. The van der Waals surface area contributed by atoms with Gasteiger partial charge in [-0.2, -0.15) is 0 Å². The highest BCUT2D eigenvalue weighted by molar-refractivity contribution is 5.77. The first-order valence-corrected chi connectivity index (χ1v) is 5.33. The van der Waals surface area contributed by atoms with Crippen LogP contribution >= 0.6 is 0 Å². The minimum atomic E-state index is 0.240. The minimum Gasteiger partial charge on any atom is -0.303 e. The molecule has 0 radical (unpaired) electrons. The van der Waals surface area contributed by atoms with E-state index in [-0.39, 0.29) is 5.91 Å². The molecule has 78 valence electrons. The van der Waals surface area contributed by atoms with E-state index in [1.54, 1.807) is 0 Å². The fraction of sp³-hybridized carbons (Fsp3) is 0.800. The Morgan fingerprint density at radius 3 is 2.86 bits per heavy atom. The Morgan fingerprint density at radius 2 is 2.21 bits per heavy atom. The molecular weight excluding hydrogens is 180 g/mol. The molecule has 1 aliphatic carbocycles. The van der Waals surface area contributed by atoms with E-state index in [0.717, 1.165) is 32.1 Å². The predicted molar refractivity (Wildman–Crippen MR) is 51.4 cm³/mol. The summed E-state index contributed by atoms with van der Waals surface area (Å²) in [4.78, 5) is 21.9. The van der Waals surface area contributed by atoms with Crippen LogP contribution in [-0.4, -0.2) is 41.3 Å². The van der Waals surface area contributed by atoms with Gasteiger partial charge in [0.05, 0.1) is 0 Å². The van der Waals surface area contributed by atoms with Crippen molar-refractivity contribution < 1.29 is 9.59 Å². The largest absolute Gasteiger partial charge is 0.303 e. The van der Waals surface area contributed by atoms with Gasteiger partial charge in [-0.05, 0) is 19.3 Å². The van der Waals surface area contributed by atoms with Crippen LogP contribution in [0.4, 0.5) is 0 Å². The molecule has 0 aromatic carbocycles. The van der Waals surface area contributed by atoms with Gasteiger partial charge in [0.2, 0.25) is 5.91 Å². The maximum atomic E-state index is 11.6. The lowest BCUT2D eigenvalue weighted by atomic mass is 10.2. The molecule has 0 N–H and O–H groups in total. The summed E-state index contributed by atoms with van der Waals surface area (Å²) in [6.07, 6.45) is 5.31. The van der Waals surface area contributed by atoms with E-state index in [1.165, 1.54) is 0 Å². The van der Waals surface area contributed by atoms with Crippen molar-refractivity contribution in [2.24, 2.45) is 0 Å². The fourth-order valence-electron chi connectivity index (χ4n) is 1.97. The zero-order valence-corrected chi connectivity index (χ0v) is 8.32. The Morgan fingerprint density at radius 1 is 1.43 bits per heavy atom. The van der Waals surface area contributed by atoms with E-state index in [0.29, 0.717) is 25.4 Å². The number of aldehydes is 1. The van der Waals surface area contributed by atoms with Crippen molar-refractivity contribution in [3.8, 4) is 0 Å². The lowest BCUT2D eigenvalue weighted by molar-refractivity contribution is -0.157. The van der Waals surface area contributed by atoms with E-state index in [1.807, 2.05) is 5.01 Å². The lowest BCUT2D eigenvalue weighted by Crippen LogP contribution is -2.51. The molecule has 0 unspecified atom stereocenters. The standard InChI is InChI=1S/C10H16N2O2/c13-8-2-7-11-6-1-3-10(14)12(11)9-4-5-9/h8-9H,1-7H2. The predicted octanol–water partition coefficient (Wildman–Crippen LogP) is 0.577. The molecule has 2 aliphatic rings. The van der Waals surface area contributed by atoms with Crippen LogP contribution in [0.2, 0.25) is 0 Å². The van der Waals surface area contributed by atoms with Crippen molar-refractivity contribution in [1.82, 2.24) is 10.0 Å². The SMILES string of the molecule is O=CCCN1CCCC(=O)N1C1CC1. The second kappa shape index (κ2) is 4.09. The van der Waals surface area contributed by atoms with Gasteiger partial charge in [0.15, 0.2) is 0 Å². The van der Waals surface area contributed by atoms with Gasteiger partial charge in [0.1, 0.15) is 6.29 Å². The normalized spacial score (nSPS) is 24.0. The first-order chi connectivity index (χ1) is 6.83. The Hall–Kier alpha value is -0.900. The second-order valence-electron chi connectivity index (χ2n) is 3.98. The zero-order valence-electron chi connectivity index (χ0n) is 8.32. The molecule has 0 spiro atoms. The first kappa shape index (κ1) is 9.65. The van der Waals surface area contributed by atoms with Crippen LogP contribution in [0.15, 0.2) is 0 Å². The number of carbonyl (C=O) groups excluding carboxylic acids is 2. The number of amides is 1. The fourth-order valence-corrected chi connectivity index (χ4v) is 1.97. The molecule has 0 aromatic rings. The number of carbonyl (C=O) groups is 2. The third-order valence-electron chi connectivity index (χ3n) is 2.76. The molecule has 0 bridgehead atoms. The molecule has 2 rings (SSSR count). The maximum Gasteiger partial charge on any atom is 0.237 e. The van der Waals surface area contributed by atoms with Crippen LogP contribution in [0, 0.1) is 0 Å². The highest BCUT2D eigenvalue weighted by Gasteiger charge is 2.37. The summed E-state index contributed by atoms with van der Waals surface area (Å²) in [5.74, 6) is 0.240. The molecule has 1 saturated carbocycles. The summed E-state index contributed by atoms with van der Waals surface area (Å²) in [5, 5.41) is 3.95. The summed E-state index contributed by atoms with van der Waals surface area (Å²) in [7, 11) is 0. The average Bonchev–Trinajstić information content (AvgIpc) is 2.98. The smallest absolute Gasteiger partial charge is 0.237 e. The van der Waals surface area contributed by atoms with Gasteiger partial charge >= 0.3 is 0 Å². The van der Waals surface area contributed by atoms with Crippen LogP contribution < -0.4 is 0 Å². The third-order valence-corrected chi connectivity index (χ3v) is 2.76. The van der Waals surface area contributed by atoms with E-state index >= 15 is 0 Å². The molecule has 14 heavy (non-hydrogen) atoms. The van der Waals surface area contributed by atoms with Gasteiger partial charge in [-0.25, -0.2) is 5.01 Å². The maximum absolute atomic E-state index is 11.6. The minimum absolute atomic E-state index is 0.240. The van der Waals surface area contributed by atoms with Crippen LogP contribution in [0.25, 0.3) is 0 Å². The quantitative estimate of drug-likeness (QED) is 0.617. The molecule has 4 nitrogen and oxygen atoms in total. The molecule has 2 fully saturated rings. The highest BCUT2D eigenvalue weighted by Crippen LogP contribution is 2.31. The number of rotatable bonds is 4. The van der Waals surface area contributed by atoms with Gasteiger partial charge in [-0.15, -0.1) is 0 Å². The third kappa shape index (κ3) is 1.95. The van der Waals surface area contributed by atoms with Gasteiger partial charge in [-0.1, -0.05) is 0 Å². The summed E-state index contributed by atoms with van der Waals surface area (Å²) in [6.45, 7) is 1.63. The van der Waals surface area contributed by atoms with Crippen LogP contribution in [-0.2, 0) is 9.59 Å². The van der Waals surface area contributed by atoms with E-state index in [9.17, 15) is 9.59 Å². The number of hydrogen-bond acceptors (Lipinski definition) is 3. The van der Waals surface area contributed by atoms with E-state index in [4.69, 9.17) is 0 Å². The van der Waals surface area contributed by atoms with Gasteiger partial charge in [0, 0.05) is 32.0 Å². The molecule has 4 heteroatoms. The lowest BCUT2D eigenvalue weighted by Gasteiger charge is -2.38. The number of hydrogen-bond donors (Lipinski definition) is 0. The van der Waals surface area contributed by atoms with Crippen molar-refractivity contribution in [2.75, 3.05) is 13.1 Å². The van der Waals surface area contributed by atoms with Gasteiger partial charge < -0.3 is 4.79 Å².